The summed E-state index contributed by atoms with van der Waals surface area (Å²) in [5.74, 6) is 0.192. The molecule has 110 valence electrons. The fourth-order valence-corrected chi connectivity index (χ4v) is 3.63. The Morgan fingerprint density at radius 1 is 1.15 bits per heavy atom. The lowest BCUT2D eigenvalue weighted by Crippen LogP contribution is -2.38. The van der Waals surface area contributed by atoms with Crippen LogP contribution in [0.3, 0.4) is 0 Å². The maximum Gasteiger partial charge on any atom is 0.255 e. The summed E-state index contributed by atoms with van der Waals surface area (Å²) in [7, 11) is 0. The number of carbonyl (C=O) groups excluding carboxylic acids is 1. The molecule has 3 rings (SSSR count). The van der Waals surface area contributed by atoms with Crippen LogP contribution in [-0.2, 0) is 0 Å². The summed E-state index contributed by atoms with van der Waals surface area (Å²) in [4.78, 5) is 20.3. The van der Waals surface area contributed by atoms with Crippen LogP contribution in [0.15, 0.2) is 12.3 Å². The summed E-state index contributed by atoms with van der Waals surface area (Å²) < 4.78 is 0. The Labute approximate surface area is 121 Å². The molecule has 1 aromatic rings. The molecule has 0 atom stereocenters. The fourth-order valence-electron chi connectivity index (χ4n) is 3.63. The smallest absolute Gasteiger partial charge is 0.255 e. The lowest BCUT2D eigenvalue weighted by atomic mass is 10.2. The third-order valence-electron chi connectivity index (χ3n) is 4.84. The third kappa shape index (κ3) is 2.75. The second kappa shape index (κ2) is 6.00. The van der Waals surface area contributed by atoms with Crippen LogP contribution < -0.4 is 0 Å². The Morgan fingerprint density at radius 2 is 1.95 bits per heavy atom. The molecule has 0 radical (unpaired) electrons. The van der Waals surface area contributed by atoms with Crippen molar-refractivity contribution in [3.05, 3.63) is 23.5 Å². The van der Waals surface area contributed by atoms with E-state index in [2.05, 4.69) is 9.88 Å². The Bertz CT molecular complexity index is 462. The van der Waals surface area contributed by atoms with E-state index < -0.39 is 0 Å². The van der Waals surface area contributed by atoms with Crippen molar-refractivity contribution in [2.24, 2.45) is 0 Å². The number of H-pyrrole nitrogens is 1. The number of aromatic amines is 1. The van der Waals surface area contributed by atoms with Crippen LogP contribution in [0.1, 0.15) is 48.2 Å². The fraction of sp³-hybridized carbons (Fsp3) is 0.688. The average Bonchev–Trinajstić information content (AvgIpc) is 3.05. The zero-order chi connectivity index (χ0) is 13.9. The van der Waals surface area contributed by atoms with Crippen molar-refractivity contribution in [2.75, 3.05) is 26.2 Å². The predicted molar refractivity (Wildman–Crippen MR) is 79.9 cm³/mol. The number of aryl methyl sites for hydroxylation is 1. The summed E-state index contributed by atoms with van der Waals surface area (Å²) in [6, 6.07) is 2.68. The number of hydrogen-bond acceptors (Lipinski definition) is 2. The van der Waals surface area contributed by atoms with Crippen LogP contribution in [0.4, 0.5) is 0 Å². The first-order valence-electron chi connectivity index (χ1n) is 7.93. The van der Waals surface area contributed by atoms with Gasteiger partial charge in [0.2, 0.25) is 0 Å². The Hall–Kier alpha value is -1.29. The normalized spacial score (nSPS) is 22.1. The zero-order valence-corrected chi connectivity index (χ0v) is 12.4. The molecule has 2 heterocycles. The number of nitrogens with zero attached hydrogens (tertiary/aromatic N) is 2. The van der Waals surface area contributed by atoms with Crippen molar-refractivity contribution in [2.45, 2.75) is 45.1 Å². The van der Waals surface area contributed by atoms with Crippen molar-refractivity contribution in [3.63, 3.8) is 0 Å². The molecular weight excluding hydrogens is 250 g/mol. The van der Waals surface area contributed by atoms with Gasteiger partial charge in [0, 0.05) is 44.1 Å². The highest BCUT2D eigenvalue weighted by molar-refractivity contribution is 5.95. The molecule has 2 aliphatic rings. The molecule has 1 aliphatic carbocycles. The lowest BCUT2D eigenvalue weighted by Gasteiger charge is -2.27. The highest BCUT2D eigenvalue weighted by atomic mass is 16.2. The first-order valence-corrected chi connectivity index (χ1v) is 7.93. The molecule has 2 fully saturated rings. The highest BCUT2D eigenvalue weighted by Gasteiger charge is 2.26. The quantitative estimate of drug-likeness (QED) is 0.900. The minimum atomic E-state index is 0.192. The van der Waals surface area contributed by atoms with E-state index in [0.29, 0.717) is 0 Å². The van der Waals surface area contributed by atoms with Gasteiger partial charge in [0.05, 0.1) is 5.56 Å². The predicted octanol–water partition coefficient (Wildman–Crippen LogP) is 2.41. The lowest BCUT2D eigenvalue weighted by molar-refractivity contribution is 0.0757. The maximum atomic E-state index is 12.5. The van der Waals surface area contributed by atoms with Crippen LogP contribution in [0.5, 0.6) is 0 Å². The largest absolute Gasteiger partial charge is 0.365 e. The van der Waals surface area contributed by atoms with E-state index in [1.54, 1.807) is 0 Å². The van der Waals surface area contributed by atoms with Gasteiger partial charge >= 0.3 is 0 Å². The van der Waals surface area contributed by atoms with Gasteiger partial charge in [-0.25, -0.2) is 0 Å². The van der Waals surface area contributed by atoms with Crippen molar-refractivity contribution in [1.82, 2.24) is 14.8 Å². The molecule has 1 saturated heterocycles. The SMILES string of the molecule is Cc1[nH]ccc1C(=O)N1CCCN(C2CCCC2)CC1. The van der Waals surface area contributed by atoms with Crippen LogP contribution in [-0.4, -0.2) is 52.9 Å². The molecular formula is C16H25N3O. The van der Waals surface area contributed by atoms with E-state index in [4.69, 9.17) is 0 Å². The summed E-state index contributed by atoms with van der Waals surface area (Å²) >= 11 is 0. The molecule has 1 amide bonds. The molecule has 1 aliphatic heterocycles. The summed E-state index contributed by atoms with van der Waals surface area (Å²) in [6.45, 7) is 5.93. The van der Waals surface area contributed by atoms with E-state index >= 15 is 0 Å². The van der Waals surface area contributed by atoms with Gasteiger partial charge in [-0.15, -0.1) is 0 Å². The monoisotopic (exact) mass is 275 g/mol. The minimum absolute atomic E-state index is 0.192. The van der Waals surface area contributed by atoms with Crippen LogP contribution >= 0.6 is 0 Å². The minimum Gasteiger partial charge on any atom is -0.365 e. The second-order valence-electron chi connectivity index (χ2n) is 6.14. The van der Waals surface area contributed by atoms with Crippen molar-refractivity contribution < 1.29 is 4.79 Å². The maximum absolute atomic E-state index is 12.5. The zero-order valence-electron chi connectivity index (χ0n) is 12.4. The molecule has 0 unspecified atom stereocenters. The van der Waals surface area contributed by atoms with Gasteiger partial charge in [-0.3, -0.25) is 9.69 Å². The molecule has 0 bridgehead atoms. The van der Waals surface area contributed by atoms with E-state index in [1.165, 1.54) is 25.7 Å². The van der Waals surface area contributed by atoms with E-state index in [9.17, 15) is 4.79 Å². The number of amides is 1. The standard InChI is InChI=1S/C16H25N3O/c1-13-15(7-8-17-13)16(20)19-10-4-9-18(11-12-19)14-5-2-3-6-14/h7-8,14,17H,2-6,9-12H2,1H3. The third-order valence-corrected chi connectivity index (χ3v) is 4.84. The number of hydrogen-bond donors (Lipinski definition) is 1. The number of aromatic nitrogens is 1. The Kier molecular flexibility index (Phi) is 4.10. The van der Waals surface area contributed by atoms with Gasteiger partial charge in [0.15, 0.2) is 0 Å². The Balaban J connectivity index is 1.62. The van der Waals surface area contributed by atoms with E-state index in [0.717, 1.165) is 49.9 Å². The van der Waals surface area contributed by atoms with E-state index in [1.807, 2.05) is 24.1 Å². The molecule has 1 N–H and O–H groups in total. The van der Waals surface area contributed by atoms with Gasteiger partial charge in [-0.05, 0) is 32.3 Å². The molecule has 0 spiro atoms. The molecule has 4 heteroatoms. The van der Waals surface area contributed by atoms with E-state index in [-0.39, 0.29) is 5.91 Å². The number of nitrogens with one attached hydrogen (secondary N) is 1. The molecule has 20 heavy (non-hydrogen) atoms. The van der Waals surface area contributed by atoms with Crippen LogP contribution in [0.25, 0.3) is 0 Å². The van der Waals surface area contributed by atoms with Gasteiger partial charge in [-0.2, -0.15) is 0 Å². The van der Waals surface area contributed by atoms with Crippen molar-refractivity contribution >= 4 is 5.91 Å². The molecule has 0 aromatic carbocycles. The van der Waals surface area contributed by atoms with Crippen LogP contribution in [0.2, 0.25) is 0 Å². The average molecular weight is 275 g/mol. The molecule has 1 aromatic heterocycles. The topological polar surface area (TPSA) is 39.3 Å². The van der Waals surface area contributed by atoms with Gasteiger partial charge < -0.3 is 9.88 Å². The van der Waals surface area contributed by atoms with Gasteiger partial charge in [-0.1, -0.05) is 12.8 Å². The van der Waals surface area contributed by atoms with Crippen LogP contribution in [0, 0.1) is 6.92 Å². The first kappa shape index (κ1) is 13.7. The number of rotatable bonds is 2. The molecule has 1 saturated carbocycles. The molecule has 4 nitrogen and oxygen atoms in total. The summed E-state index contributed by atoms with van der Waals surface area (Å²) in [5, 5.41) is 0. The van der Waals surface area contributed by atoms with Crippen molar-refractivity contribution in [3.8, 4) is 0 Å². The highest BCUT2D eigenvalue weighted by Crippen LogP contribution is 2.24. The summed E-state index contributed by atoms with van der Waals surface area (Å²) in [5.41, 5.74) is 1.81. The second-order valence-corrected chi connectivity index (χ2v) is 6.14. The van der Waals surface area contributed by atoms with Gasteiger partial charge in [0.25, 0.3) is 5.91 Å². The van der Waals surface area contributed by atoms with Crippen molar-refractivity contribution in [1.29, 1.82) is 0 Å². The van der Waals surface area contributed by atoms with Gasteiger partial charge in [0.1, 0.15) is 0 Å². The first-order chi connectivity index (χ1) is 9.75. The number of carbonyl (C=O) groups is 1. The Morgan fingerprint density at radius 3 is 2.65 bits per heavy atom. The summed E-state index contributed by atoms with van der Waals surface area (Å²) in [6.07, 6.45) is 8.42.